The van der Waals surface area contributed by atoms with E-state index in [1.165, 1.54) is 12.1 Å². The van der Waals surface area contributed by atoms with Crippen LogP contribution in [0.3, 0.4) is 0 Å². The minimum atomic E-state index is -2.83. The third kappa shape index (κ3) is 7.37. The first-order valence-electron chi connectivity index (χ1n) is 8.16. The molecule has 1 amide bonds. The SMILES string of the molecule is CN(CC(=O)NCCc1ccc(OC(F)F)cc1)Cc1ccc(Cl)cc1. The number of carbonyl (C=O) groups excluding carboxylic acids is 1. The number of ether oxygens (including phenoxy) is 1. The Morgan fingerprint density at radius 3 is 2.35 bits per heavy atom. The standard InChI is InChI=1S/C19H21ClF2N2O2/c1-24(12-15-2-6-16(20)7-3-15)13-18(25)23-11-10-14-4-8-17(9-5-14)26-19(21)22/h2-9,19H,10-13H2,1H3,(H,23,25). The highest BCUT2D eigenvalue weighted by Gasteiger charge is 2.07. The van der Waals surface area contributed by atoms with Crippen LogP contribution in [0.4, 0.5) is 8.78 Å². The number of nitrogens with zero attached hydrogens (tertiary/aromatic N) is 1. The highest BCUT2D eigenvalue weighted by atomic mass is 35.5. The molecule has 0 saturated heterocycles. The number of carbonyl (C=O) groups is 1. The van der Waals surface area contributed by atoms with E-state index in [9.17, 15) is 13.6 Å². The molecule has 0 radical (unpaired) electrons. The molecule has 0 fully saturated rings. The molecule has 0 heterocycles. The van der Waals surface area contributed by atoms with Crippen LogP contribution in [0.2, 0.25) is 5.02 Å². The lowest BCUT2D eigenvalue weighted by molar-refractivity contribution is -0.122. The summed E-state index contributed by atoms with van der Waals surface area (Å²) in [5.74, 6) is 0.0516. The third-order valence-corrected chi connectivity index (χ3v) is 3.92. The molecule has 1 N–H and O–H groups in total. The molecule has 0 spiro atoms. The summed E-state index contributed by atoms with van der Waals surface area (Å²) in [5, 5.41) is 3.53. The van der Waals surface area contributed by atoms with E-state index in [1.54, 1.807) is 12.1 Å². The summed E-state index contributed by atoms with van der Waals surface area (Å²) in [5.41, 5.74) is 2.01. The van der Waals surface area contributed by atoms with E-state index in [-0.39, 0.29) is 18.2 Å². The first kappa shape index (κ1) is 20.1. The molecule has 2 aromatic rings. The maximum Gasteiger partial charge on any atom is 0.387 e. The van der Waals surface area contributed by atoms with E-state index in [0.29, 0.717) is 24.5 Å². The highest BCUT2D eigenvalue weighted by molar-refractivity contribution is 6.30. The molecule has 4 nitrogen and oxygen atoms in total. The summed E-state index contributed by atoms with van der Waals surface area (Å²) in [4.78, 5) is 13.9. The molecule has 26 heavy (non-hydrogen) atoms. The first-order chi connectivity index (χ1) is 12.4. The van der Waals surface area contributed by atoms with Crippen molar-refractivity contribution >= 4 is 17.5 Å². The van der Waals surface area contributed by atoms with Gasteiger partial charge in [-0.2, -0.15) is 8.78 Å². The Morgan fingerprint density at radius 1 is 1.12 bits per heavy atom. The van der Waals surface area contributed by atoms with Gasteiger partial charge in [0.05, 0.1) is 6.54 Å². The maximum absolute atomic E-state index is 12.1. The van der Waals surface area contributed by atoms with E-state index >= 15 is 0 Å². The number of amides is 1. The second-order valence-electron chi connectivity index (χ2n) is 5.92. The quantitative estimate of drug-likeness (QED) is 0.718. The van der Waals surface area contributed by atoms with Crippen LogP contribution in [0, 0.1) is 0 Å². The first-order valence-corrected chi connectivity index (χ1v) is 8.53. The number of likely N-dealkylation sites (N-methyl/N-ethyl adjacent to an activating group) is 1. The summed E-state index contributed by atoms with van der Waals surface area (Å²) < 4.78 is 28.5. The average molecular weight is 383 g/mol. The zero-order valence-electron chi connectivity index (χ0n) is 14.4. The molecule has 2 rings (SSSR count). The van der Waals surface area contributed by atoms with Crippen molar-refractivity contribution in [2.45, 2.75) is 19.6 Å². The summed E-state index contributed by atoms with van der Waals surface area (Å²) in [6.07, 6.45) is 0.613. The number of benzene rings is 2. The number of rotatable bonds is 9. The van der Waals surface area contributed by atoms with Crippen LogP contribution in [0.25, 0.3) is 0 Å². The lowest BCUT2D eigenvalue weighted by Crippen LogP contribution is -2.35. The van der Waals surface area contributed by atoms with Crippen molar-refractivity contribution in [1.82, 2.24) is 10.2 Å². The number of alkyl halides is 2. The van der Waals surface area contributed by atoms with E-state index in [4.69, 9.17) is 11.6 Å². The fourth-order valence-electron chi connectivity index (χ4n) is 2.44. The minimum Gasteiger partial charge on any atom is -0.435 e. The van der Waals surface area contributed by atoms with Gasteiger partial charge in [-0.3, -0.25) is 9.69 Å². The Balaban J connectivity index is 1.68. The molecule has 0 unspecified atom stereocenters. The molecule has 2 aromatic carbocycles. The Hall–Kier alpha value is -2.18. The molecule has 0 aromatic heterocycles. The van der Waals surface area contributed by atoms with Crippen molar-refractivity contribution in [3.63, 3.8) is 0 Å². The molecule has 7 heteroatoms. The molecule has 0 aliphatic carbocycles. The Morgan fingerprint density at radius 2 is 1.73 bits per heavy atom. The molecule has 0 bridgehead atoms. The zero-order chi connectivity index (χ0) is 18.9. The Kier molecular flexibility index (Phi) is 7.81. The van der Waals surface area contributed by atoms with Gasteiger partial charge in [0, 0.05) is 18.1 Å². The lowest BCUT2D eigenvalue weighted by atomic mass is 10.1. The van der Waals surface area contributed by atoms with Gasteiger partial charge in [-0.05, 0) is 48.9 Å². The number of hydrogen-bond acceptors (Lipinski definition) is 3. The topological polar surface area (TPSA) is 41.6 Å². The van der Waals surface area contributed by atoms with E-state index in [2.05, 4.69) is 10.1 Å². The molecule has 0 saturated carbocycles. The van der Waals surface area contributed by atoms with Gasteiger partial charge < -0.3 is 10.1 Å². The monoisotopic (exact) mass is 382 g/mol. The fraction of sp³-hybridized carbons (Fsp3) is 0.316. The van der Waals surface area contributed by atoms with Crippen molar-refractivity contribution in [1.29, 1.82) is 0 Å². The fourth-order valence-corrected chi connectivity index (χ4v) is 2.57. The average Bonchev–Trinajstić information content (AvgIpc) is 2.58. The number of halogens is 3. The smallest absolute Gasteiger partial charge is 0.387 e. The van der Waals surface area contributed by atoms with E-state index < -0.39 is 6.61 Å². The molecular weight excluding hydrogens is 362 g/mol. The molecule has 0 aliphatic rings. The molecule has 140 valence electrons. The minimum absolute atomic E-state index is 0.0703. The van der Waals surface area contributed by atoms with E-state index in [1.807, 2.05) is 36.2 Å². The molecule has 0 aliphatic heterocycles. The van der Waals surface area contributed by atoms with Gasteiger partial charge in [0.15, 0.2) is 0 Å². The van der Waals surface area contributed by atoms with Crippen molar-refractivity contribution < 1.29 is 18.3 Å². The maximum atomic E-state index is 12.1. The zero-order valence-corrected chi connectivity index (χ0v) is 15.2. The number of hydrogen-bond donors (Lipinski definition) is 1. The summed E-state index contributed by atoms with van der Waals surface area (Å²) >= 11 is 5.85. The number of nitrogens with one attached hydrogen (secondary N) is 1. The highest BCUT2D eigenvalue weighted by Crippen LogP contribution is 2.15. The summed E-state index contributed by atoms with van der Waals surface area (Å²) in [6, 6.07) is 13.9. The van der Waals surface area contributed by atoms with Gasteiger partial charge in [0.25, 0.3) is 0 Å². The van der Waals surface area contributed by atoms with Crippen LogP contribution in [0.1, 0.15) is 11.1 Å². The Labute approximate surface area is 156 Å². The van der Waals surface area contributed by atoms with Crippen molar-refractivity contribution in [2.75, 3.05) is 20.1 Å². The Bertz CT molecular complexity index is 694. The molecular formula is C19H21ClF2N2O2. The van der Waals surface area contributed by atoms with Crippen molar-refractivity contribution in [3.05, 3.63) is 64.7 Å². The van der Waals surface area contributed by atoms with Crippen LogP contribution < -0.4 is 10.1 Å². The third-order valence-electron chi connectivity index (χ3n) is 3.66. The normalized spacial score (nSPS) is 11.0. The van der Waals surface area contributed by atoms with Gasteiger partial charge in [0.1, 0.15) is 5.75 Å². The van der Waals surface area contributed by atoms with Crippen molar-refractivity contribution in [3.8, 4) is 5.75 Å². The largest absolute Gasteiger partial charge is 0.435 e. The lowest BCUT2D eigenvalue weighted by Gasteiger charge is -2.16. The van der Waals surface area contributed by atoms with Gasteiger partial charge in [-0.1, -0.05) is 35.9 Å². The van der Waals surface area contributed by atoms with Crippen LogP contribution in [-0.4, -0.2) is 37.6 Å². The van der Waals surface area contributed by atoms with Gasteiger partial charge in [-0.15, -0.1) is 0 Å². The second kappa shape index (κ2) is 10.1. The van der Waals surface area contributed by atoms with E-state index in [0.717, 1.165) is 11.1 Å². The second-order valence-corrected chi connectivity index (χ2v) is 6.36. The molecule has 0 atom stereocenters. The summed E-state index contributed by atoms with van der Waals surface area (Å²) in [6.45, 7) is -1.42. The van der Waals surface area contributed by atoms with Crippen molar-refractivity contribution in [2.24, 2.45) is 0 Å². The van der Waals surface area contributed by atoms with Crippen LogP contribution in [0.15, 0.2) is 48.5 Å². The van der Waals surface area contributed by atoms with Crippen LogP contribution in [0.5, 0.6) is 5.75 Å². The van der Waals surface area contributed by atoms with Crippen LogP contribution in [-0.2, 0) is 17.8 Å². The van der Waals surface area contributed by atoms with Gasteiger partial charge >= 0.3 is 6.61 Å². The predicted octanol–water partition coefficient (Wildman–Crippen LogP) is 3.73. The van der Waals surface area contributed by atoms with Gasteiger partial charge in [-0.25, -0.2) is 0 Å². The summed E-state index contributed by atoms with van der Waals surface area (Å²) in [7, 11) is 1.87. The van der Waals surface area contributed by atoms with Crippen LogP contribution >= 0.6 is 11.6 Å². The van der Waals surface area contributed by atoms with Gasteiger partial charge in [0.2, 0.25) is 5.91 Å². The predicted molar refractivity (Wildman–Crippen MR) is 97.6 cm³/mol.